The topological polar surface area (TPSA) is 77.4 Å². The van der Waals surface area contributed by atoms with E-state index in [0.29, 0.717) is 5.56 Å². The van der Waals surface area contributed by atoms with Gasteiger partial charge in [-0.1, -0.05) is 12.2 Å². The van der Waals surface area contributed by atoms with Crippen molar-refractivity contribution in [2.75, 3.05) is 5.32 Å². The average Bonchev–Trinajstić information content (AvgIpc) is 3.19. The Hall–Kier alpha value is -3.91. The first-order valence-electron chi connectivity index (χ1n) is 8.56. The summed E-state index contributed by atoms with van der Waals surface area (Å²) in [4.78, 5) is 11.4. The molecule has 0 aliphatic carbocycles. The van der Waals surface area contributed by atoms with E-state index in [9.17, 15) is 5.26 Å². The van der Waals surface area contributed by atoms with Crippen LogP contribution in [0.5, 0.6) is 0 Å². The van der Waals surface area contributed by atoms with Crippen LogP contribution in [0.4, 0.5) is 11.4 Å². The van der Waals surface area contributed by atoms with Crippen molar-refractivity contribution in [3.8, 4) is 6.07 Å². The normalized spacial score (nSPS) is 11.0. The van der Waals surface area contributed by atoms with Crippen LogP contribution in [-0.2, 0) is 0 Å². The van der Waals surface area contributed by atoms with Crippen LogP contribution < -0.4 is 5.32 Å². The minimum Gasteiger partial charge on any atom is -0.361 e. The Morgan fingerprint density at radius 3 is 2.70 bits per heavy atom. The highest BCUT2D eigenvalue weighted by Crippen LogP contribution is 2.31. The number of nitrogens with zero attached hydrogens (tertiary/aromatic N) is 3. The highest BCUT2D eigenvalue weighted by Gasteiger charge is 2.11. The highest BCUT2D eigenvalue weighted by atomic mass is 14.9. The molecule has 0 aliphatic heterocycles. The molecular weight excluding hydrogens is 334 g/mol. The summed E-state index contributed by atoms with van der Waals surface area (Å²) in [5, 5.41) is 14.1. The van der Waals surface area contributed by atoms with Gasteiger partial charge in [0.25, 0.3) is 0 Å². The van der Waals surface area contributed by atoms with Crippen LogP contribution in [0.15, 0.2) is 61.3 Å². The number of nitrogens with one attached hydrogen (secondary N) is 2. The van der Waals surface area contributed by atoms with Gasteiger partial charge in [-0.05, 0) is 48.4 Å². The second-order valence-corrected chi connectivity index (χ2v) is 6.18. The van der Waals surface area contributed by atoms with Gasteiger partial charge >= 0.3 is 0 Å². The summed E-state index contributed by atoms with van der Waals surface area (Å²) in [5.41, 5.74) is 6.30. The van der Waals surface area contributed by atoms with Crippen LogP contribution in [0.3, 0.4) is 0 Å². The van der Waals surface area contributed by atoms with Gasteiger partial charge in [0, 0.05) is 53.1 Å². The van der Waals surface area contributed by atoms with Gasteiger partial charge in [0.05, 0.1) is 11.3 Å². The van der Waals surface area contributed by atoms with Gasteiger partial charge in [0.1, 0.15) is 6.07 Å². The Balaban J connectivity index is 1.76. The molecule has 0 aliphatic rings. The standard InChI is InChI=1S/C22H17N5/c1-15-19-8-11-26-21(19)5-4-20(15)27-22-17(13-25-14-18(22)12-23)3-2-16-6-9-24-10-7-16/h2-11,13-14,26H,1H3,(H,25,27)/b3-2+. The van der Waals surface area contributed by atoms with Crippen LogP contribution in [0.1, 0.15) is 22.3 Å². The van der Waals surface area contributed by atoms with E-state index < -0.39 is 0 Å². The van der Waals surface area contributed by atoms with Gasteiger partial charge in [-0.3, -0.25) is 9.97 Å². The molecule has 4 rings (SSSR count). The number of rotatable bonds is 4. The molecule has 3 heterocycles. The van der Waals surface area contributed by atoms with Gasteiger partial charge in [0.15, 0.2) is 0 Å². The Morgan fingerprint density at radius 1 is 1.04 bits per heavy atom. The van der Waals surface area contributed by atoms with Gasteiger partial charge in [-0.15, -0.1) is 0 Å². The van der Waals surface area contributed by atoms with Crippen LogP contribution in [0.2, 0.25) is 0 Å². The zero-order valence-electron chi connectivity index (χ0n) is 14.8. The maximum Gasteiger partial charge on any atom is 0.103 e. The van der Waals surface area contributed by atoms with Crippen molar-refractivity contribution in [2.45, 2.75) is 6.92 Å². The quantitative estimate of drug-likeness (QED) is 0.539. The summed E-state index contributed by atoms with van der Waals surface area (Å²) >= 11 is 0. The lowest BCUT2D eigenvalue weighted by Gasteiger charge is -2.14. The summed E-state index contributed by atoms with van der Waals surface area (Å²) in [7, 11) is 0. The van der Waals surface area contributed by atoms with Crippen LogP contribution in [-0.4, -0.2) is 15.0 Å². The molecule has 0 unspecified atom stereocenters. The molecule has 0 radical (unpaired) electrons. The zero-order valence-corrected chi connectivity index (χ0v) is 14.8. The van der Waals surface area contributed by atoms with Gasteiger partial charge in [0.2, 0.25) is 0 Å². The molecule has 0 bridgehead atoms. The fourth-order valence-corrected chi connectivity index (χ4v) is 3.04. The minimum atomic E-state index is 0.500. The van der Waals surface area contributed by atoms with Crippen molar-refractivity contribution in [3.63, 3.8) is 0 Å². The molecular formula is C22H17N5. The smallest absolute Gasteiger partial charge is 0.103 e. The third-order valence-corrected chi connectivity index (χ3v) is 4.52. The lowest BCUT2D eigenvalue weighted by atomic mass is 10.1. The minimum absolute atomic E-state index is 0.500. The number of aromatic nitrogens is 3. The number of nitriles is 1. The largest absolute Gasteiger partial charge is 0.361 e. The molecule has 1 aromatic carbocycles. The van der Waals surface area contributed by atoms with Crippen LogP contribution in [0, 0.1) is 18.3 Å². The van der Waals surface area contributed by atoms with Crippen LogP contribution >= 0.6 is 0 Å². The summed E-state index contributed by atoms with van der Waals surface area (Å²) in [6, 6.07) is 12.2. The first kappa shape index (κ1) is 16.6. The third kappa shape index (κ3) is 3.29. The highest BCUT2D eigenvalue weighted by molar-refractivity contribution is 5.90. The Labute approximate surface area is 157 Å². The second-order valence-electron chi connectivity index (χ2n) is 6.18. The SMILES string of the molecule is Cc1c(Nc2c(C#N)cncc2/C=C/c2ccncc2)ccc2[nH]ccc12. The average molecular weight is 351 g/mol. The number of benzene rings is 1. The summed E-state index contributed by atoms with van der Waals surface area (Å²) in [6.45, 7) is 2.07. The number of anilines is 2. The number of pyridine rings is 2. The Kier molecular flexibility index (Phi) is 4.38. The lowest BCUT2D eigenvalue weighted by molar-refractivity contribution is 1.28. The van der Waals surface area contributed by atoms with Gasteiger partial charge < -0.3 is 10.3 Å². The molecule has 0 saturated carbocycles. The van der Waals surface area contributed by atoms with E-state index in [0.717, 1.165) is 39.0 Å². The fraction of sp³-hybridized carbons (Fsp3) is 0.0455. The molecule has 3 aromatic heterocycles. The molecule has 0 spiro atoms. The van der Waals surface area contributed by atoms with Gasteiger partial charge in [-0.25, -0.2) is 0 Å². The van der Waals surface area contributed by atoms with Crippen molar-refractivity contribution >= 4 is 34.4 Å². The van der Waals surface area contributed by atoms with Crippen molar-refractivity contribution in [1.29, 1.82) is 5.26 Å². The number of hydrogen-bond acceptors (Lipinski definition) is 4. The molecule has 5 heteroatoms. The second kappa shape index (κ2) is 7.14. The maximum atomic E-state index is 9.55. The zero-order chi connectivity index (χ0) is 18.6. The van der Waals surface area contributed by atoms with Crippen molar-refractivity contribution < 1.29 is 0 Å². The molecule has 0 saturated heterocycles. The summed E-state index contributed by atoms with van der Waals surface area (Å²) in [5.74, 6) is 0. The van der Waals surface area contributed by atoms with E-state index in [-0.39, 0.29) is 0 Å². The number of aryl methyl sites for hydroxylation is 1. The Morgan fingerprint density at radius 2 is 1.89 bits per heavy atom. The van der Waals surface area contributed by atoms with E-state index in [4.69, 9.17) is 0 Å². The molecule has 5 nitrogen and oxygen atoms in total. The molecule has 130 valence electrons. The molecule has 0 fully saturated rings. The fourth-order valence-electron chi connectivity index (χ4n) is 3.04. The Bertz CT molecular complexity index is 1170. The maximum absolute atomic E-state index is 9.55. The van der Waals surface area contributed by atoms with E-state index in [2.05, 4.69) is 39.3 Å². The number of fused-ring (bicyclic) bond motifs is 1. The third-order valence-electron chi connectivity index (χ3n) is 4.52. The first-order valence-corrected chi connectivity index (χ1v) is 8.56. The number of aromatic amines is 1. The molecule has 2 N–H and O–H groups in total. The van der Waals surface area contributed by atoms with E-state index in [1.54, 1.807) is 24.8 Å². The molecule has 0 atom stereocenters. The summed E-state index contributed by atoms with van der Waals surface area (Å²) in [6.07, 6.45) is 12.7. The number of H-pyrrole nitrogens is 1. The predicted octanol–water partition coefficient (Wildman–Crippen LogP) is 5.05. The number of hydrogen-bond donors (Lipinski definition) is 2. The lowest BCUT2D eigenvalue weighted by Crippen LogP contribution is -1.99. The van der Waals surface area contributed by atoms with Crippen LogP contribution in [0.25, 0.3) is 23.1 Å². The summed E-state index contributed by atoms with van der Waals surface area (Å²) < 4.78 is 0. The molecule has 27 heavy (non-hydrogen) atoms. The van der Waals surface area contributed by atoms with E-state index in [1.807, 2.05) is 42.6 Å². The molecule has 4 aromatic rings. The monoisotopic (exact) mass is 351 g/mol. The van der Waals surface area contributed by atoms with Crippen molar-refractivity contribution in [2.24, 2.45) is 0 Å². The van der Waals surface area contributed by atoms with E-state index in [1.165, 1.54) is 0 Å². The molecule has 0 amide bonds. The predicted molar refractivity (Wildman–Crippen MR) is 108 cm³/mol. The van der Waals surface area contributed by atoms with Gasteiger partial charge in [-0.2, -0.15) is 5.26 Å². The van der Waals surface area contributed by atoms with Crippen molar-refractivity contribution in [1.82, 2.24) is 15.0 Å². The first-order chi connectivity index (χ1) is 13.3. The van der Waals surface area contributed by atoms with Crippen molar-refractivity contribution in [3.05, 3.63) is 83.6 Å². The van der Waals surface area contributed by atoms with E-state index >= 15 is 0 Å².